The van der Waals surface area contributed by atoms with Crippen molar-refractivity contribution < 1.29 is 0 Å². The lowest BCUT2D eigenvalue weighted by Gasteiger charge is -2.27. The number of benzene rings is 1. The maximum atomic E-state index is 6.13. The Balaban J connectivity index is 3.77. The smallest absolute Gasteiger partial charge is 0.0974 e. The molecule has 0 aliphatic heterocycles. The van der Waals surface area contributed by atoms with Crippen molar-refractivity contribution in [2.24, 2.45) is 4.99 Å². The molecule has 1 rings (SSSR count). The Morgan fingerprint density at radius 1 is 1.28 bits per heavy atom. The van der Waals surface area contributed by atoms with Crippen molar-refractivity contribution in [3.05, 3.63) is 11.1 Å². The minimum absolute atomic E-state index is 0.129. The van der Waals surface area contributed by atoms with Crippen molar-refractivity contribution in [1.82, 2.24) is 0 Å². The van der Waals surface area contributed by atoms with E-state index in [1.165, 1.54) is 0 Å². The highest BCUT2D eigenvalue weighted by molar-refractivity contribution is 5.93. The molecule has 0 atom stereocenters. The molecule has 1 aromatic carbocycles. The van der Waals surface area contributed by atoms with Crippen LogP contribution in [0.3, 0.4) is 0 Å². The molecule has 4 nitrogen and oxygen atoms in total. The maximum Gasteiger partial charge on any atom is 0.0974 e. The third-order valence-corrected chi connectivity index (χ3v) is 2.90. The Kier molecular flexibility index (Phi) is 3.57. The van der Waals surface area contributed by atoms with Crippen LogP contribution in [0.2, 0.25) is 0 Å². The summed E-state index contributed by atoms with van der Waals surface area (Å²) in [5.74, 6) is 0. The van der Waals surface area contributed by atoms with Gasteiger partial charge in [-0.25, -0.2) is 0 Å². The van der Waals surface area contributed by atoms with Crippen molar-refractivity contribution >= 4 is 29.5 Å². The Morgan fingerprint density at radius 3 is 2.22 bits per heavy atom. The third kappa shape index (κ3) is 2.12. The minimum Gasteiger partial charge on any atom is -0.397 e. The zero-order chi connectivity index (χ0) is 14.1. The predicted octanol–water partition coefficient (Wildman–Crippen LogP) is 2.79. The molecule has 0 heterocycles. The van der Waals surface area contributed by atoms with Gasteiger partial charge in [-0.3, -0.25) is 4.99 Å². The monoisotopic (exact) mass is 244 g/mol. The number of rotatable bonds is 2. The molecule has 0 radical (unpaired) electrons. The highest BCUT2D eigenvalue weighted by atomic mass is 14.9. The van der Waals surface area contributed by atoms with E-state index in [4.69, 9.17) is 17.9 Å². The average Bonchev–Trinajstić information content (AvgIpc) is 2.24. The number of aliphatic imine (C=N–C) groups is 1. The topological polar surface area (TPSA) is 76.4 Å². The van der Waals surface area contributed by atoms with Crippen LogP contribution in [0.4, 0.5) is 22.7 Å². The molecule has 0 aliphatic rings. The van der Waals surface area contributed by atoms with Crippen molar-refractivity contribution in [1.29, 1.82) is 0 Å². The molecule has 96 valence electrons. The van der Waals surface area contributed by atoms with E-state index < -0.39 is 0 Å². The maximum absolute atomic E-state index is 6.13. The van der Waals surface area contributed by atoms with Gasteiger partial charge in [0.15, 0.2) is 0 Å². The lowest BCUT2D eigenvalue weighted by atomic mass is 9.81. The van der Waals surface area contributed by atoms with E-state index in [0.717, 1.165) is 11.1 Å². The number of nitrogen functional groups attached to an aromatic ring is 2. The summed E-state index contributed by atoms with van der Waals surface area (Å²) in [7, 11) is 0. The highest BCUT2D eigenvalue weighted by Gasteiger charge is 2.25. The number of hydrogen-bond donors (Lipinski definition) is 3. The summed E-state index contributed by atoms with van der Waals surface area (Å²) in [5.41, 5.74) is 16.1. The van der Waals surface area contributed by atoms with E-state index in [2.05, 4.69) is 43.8 Å². The Bertz CT molecular complexity index is 530. The van der Waals surface area contributed by atoms with Gasteiger partial charge in [-0.15, -0.1) is 0 Å². The average molecular weight is 244 g/mol. The summed E-state index contributed by atoms with van der Waals surface area (Å²) in [6.45, 7) is 11.7. The van der Waals surface area contributed by atoms with Gasteiger partial charge in [0.1, 0.15) is 0 Å². The lowest BCUT2D eigenvalue weighted by Crippen LogP contribution is -2.18. The molecule has 4 heteroatoms. The van der Waals surface area contributed by atoms with Crippen LogP contribution in [0.5, 0.6) is 0 Å². The largest absolute Gasteiger partial charge is 0.397 e. The van der Waals surface area contributed by atoms with E-state index >= 15 is 0 Å². The molecule has 18 heavy (non-hydrogen) atoms. The van der Waals surface area contributed by atoms with E-state index in [1.807, 2.05) is 6.92 Å². The van der Waals surface area contributed by atoms with Crippen LogP contribution in [0.25, 0.3) is 0 Å². The van der Waals surface area contributed by atoms with Gasteiger partial charge in [-0.1, -0.05) is 27.2 Å². The first-order valence-corrected chi connectivity index (χ1v) is 5.66. The van der Waals surface area contributed by atoms with E-state index in [1.54, 1.807) is 0 Å². The van der Waals surface area contributed by atoms with Gasteiger partial charge in [0.05, 0.1) is 22.7 Å². The summed E-state index contributed by atoms with van der Waals surface area (Å²) in [6, 6.07) is 2.34. The van der Waals surface area contributed by atoms with Gasteiger partial charge in [0.25, 0.3) is 0 Å². The van der Waals surface area contributed by atoms with E-state index in [0.29, 0.717) is 22.7 Å². The minimum atomic E-state index is -0.129. The van der Waals surface area contributed by atoms with E-state index in [9.17, 15) is 0 Å². The van der Waals surface area contributed by atoms with Crippen molar-refractivity contribution in [3.8, 4) is 12.5 Å². The zero-order valence-electron chi connectivity index (χ0n) is 11.4. The normalized spacial score (nSPS) is 10.8. The molecule has 0 spiro atoms. The molecule has 0 amide bonds. The standard InChI is InChI=1S/C14H20N4/c1-7-18-13-11(16)10(15)9(14(3,4)5)8(2)12(13)17-6/h1,18H,6,15-16H2,2-5H3. The first-order chi connectivity index (χ1) is 8.25. The second-order valence-electron chi connectivity index (χ2n) is 5.23. The molecule has 0 saturated carbocycles. The Hall–Kier alpha value is -2.15. The fraction of sp³-hybridized carbons (Fsp3) is 0.357. The SMILES string of the molecule is C#CNc1c(N)c(N)c(C(C)(C)C)c(C)c1N=C. The molecule has 1 aromatic rings. The van der Waals surface area contributed by atoms with Crippen molar-refractivity contribution in [2.75, 3.05) is 16.8 Å². The van der Waals surface area contributed by atoms with Crippen molar-refractivity contribution in [3.63, 3.8) is 0 Å². The number of nitrogens with one attached hydrogen (secondary N) is 1. The van der Waals surface area contributed by atoms with Crippen molar-refractivity contribution in [2.45, 2.75) is 33.1 Å². The summed E-state index contributed by atoms with van der Waals surface area (Å²) >= 11 is 0. The van der Waals surface area contributed by atoms with Gasteiger partial charge >= 0.3 is 0 Å². The van der Waals surface area contributed by atoms with Crippen LogP contribution in [0, 0.1) is 19.4 Å². The first-order valence-electron chi connectivity index (χ1n) is 5.66. The number of terminal acetylenes is 1. The second kappa shape index (κ2) is 4.61. The molecule has 0 bridgehead atoms. The molecule has 0 aliphatic carbocycles. The molecule has 5 N–H and O–H groups in total. The Morgan fingerprint density at radius 2 is 1.83 bits per heavy atom. The van der Waals surface area contributed by atoms with Gasteiger partial charge in [0, 0.05) is 6.04 Å². The highest BCUT2D eigenvalue weighted by Crippen LogP contribution is 2.45. The fourth-order valence-electron chi connectivity index (χ4n) is 2.27. The number of anilines is 3. The molecule has 0 fully saturated rings. The molecule has 0 saturated heterocycles. The van der Waals surface area contributed by atoms with Crippen LogP contribution in [-0.2, 0) is 5.41 Å². The van der Waals surface area contributed by atoms with Crippen LogP contribution in [-0.4, -0.2) is 6.72 Å². The number of nitrogens with two attached hydrogens (primary N) is 2. The molecular formula is C14H20N4. The van der Waals surface area contributed by atoms with Crippen LogP contribution >= 0.6 is 0 Å². The molecule has 0 aromatic heterocycles. The lowest BCUT2D eigenvalue weighted by molar-refractivity contribution is 0.589. The second-order valence-corrected chi connectivity index (χ2v) is 5.23. The van der Waals surface area contributed by atoms with E-state index in [-0.39, 0.29) is 5.41 Å². The summed E-state index contributed by atoms with van der Waals surface area (Å²) in [4.78, 5) is 4.02. The summed E-state index contributed by atoms with van der Waals surface area (Å²) < 4.78 is 0. The quantitative estimate of drug-likeness (QED) is 0.324. The van der Waals surface area contributed by atoms with Crippen LogP contribution in [0.1, 0.15) is 31.9 Å². The van der Waals surface area contributed by atoms with Crippen LogP contribution in [0.15, 0.2) is 4.99 Å². The fourth-order valence-corrected chi connectivity index (χ4v) is 2.27. The first kappa shape index (κ1) is 13.9. The van der Waals surface area contributed by atoms with Gasteiger partial charge in [-0.2, -0.15) is 0 Å². The number of nitrogens with zero attached hydrogens (tertiary/aromatic N) is 1. The summed E-state index contributed by atoms with van der Waals surface area (Å²) in [6.07, 6.45) is 5.26. The van der Waals surface area contributed by atoms with Gasteiger partial charge < -0.3 is 16.8 Å². The number of hydrogen-bond acceptors (Lipinski definition) is 4. The third-order valence-electron chi connectivity index (χ3n) is 2.90. The summed E-state index contributed by atoms with van der Waals surface area (Å²) in [5, 5.41) is 2.74. The zero-order valence-corrected chi connectivity index (χ0v) is 11.4. The Labute approximate surface area is 108 Å². The van der Waals surface area contributed by atoms with Gasteiger partial charge in [0.2, 0.25) is 0 Å². The van der Waals surface area contributed by atoms with Crippen LogP contribution < -0.4 is 16.8 Å². The molecule has 0 unspecified atom stereocenters. The predicted molar refractivity (Wildman–Crippen MR) is 80.4 cm³/mol. The molecular weight excluding hydrogens is 224 g/mol. The van der Waals surface area contributed by atoms with Gasteiger partial charge in [-0.05, 0) is 30.2 Å².